The molecule has 0 aliphatic heterocycles. The molecule has 6 rings (SSSR count). The first-order chi connectivity index (χ1) is 14.2. The number of carbonyl (C=O) groups excluding carboxylic acids is 1. The summed E-state index contributed by atoms with van der Waals surface area (Å²) in [7, 11) is 3.35. The predicted octanol–water partition coefficient (Wildman–Crippen LogP) is 5.48. The van der Waals surface area contributed by atoms with Gasteiger partial charge < -0.3 is 9.47 Å². The summed E-state index contributed by atoms with van der Waals surface area (Å²) in [6.45, 7) is 0. The molecule has 2 aromatic carbocycles. The van der Waals surface area contributed by atoms with Gasteiger partial charge in [0.25, 0.3) is 0 Å². The lowest BCUT2D eigenvalue weighted by Crippen LogP contribution is -2.49. The molecule has 0 unspecified atom stereocenters. The highest BCUT2D eigenvalue weighted by atomic mass is 16.5. The zero-order valence-electron chi connectivity index (χ0n) is 17.3. The molecule has 0 N–H and O–H groups in total. The van der Waals surface area contributed by atoms with Gasteiger partial charge in [0.1, 0.15) is 17.3 Å². The monoisotopic (exact) mass is 390 g/mol. The van der Waals surface area contributed by atoms with E-state index in [1.165, 1.54) is 32.1 Å². The van der Waals surface area contributed by atoms with Crippen LogP contribution < -0.4 is 9.47 Å². The molecule has 4 aliphatic carbocycles. The maximum Gasteiger partial charge on any atom is 0.148 e. The van der Waals surface area contributed by atoms with Crippen molar-refractivity contribution in [1.82, 2.24) is 0 Å². The van der Waals surface area contributed by atoms with E-state index in [4.69, 9.17) is 9.47 Å². The van der Waals surface area contributed by atoms with Gasteiger partial charge >= 0.3 is 0 Å². The maximum atomic E-state index is 14.1. The van der Waals surface area contributed by atoms with Gasteiger partial charge in [0.2, 0.25) is 0 Å². The first kappa shape index (κ1) is 18.7. The Morgan fingerprint density at radius 3 is 1.52 bits per heavy atom. The third-order valence-corrected chi connectivity index (χ3v) is 7.74. The number of hydrogen-bond donors (Lipinski definition) is 0. The second-order valence-corrected chi connectivity index (χ2v) is 9.34. The average molecular weight is 391 g/mol. The molecule has 0 aromatic heterocycles. The number of hydrogen-bond acceptors (Lipinski definition) is 3. The molecule has 3 heteroatoms. The van der Waals surface area contributed by atoms with Gasteiger partial charge in [0.05, 0.1) is 20.1 Å². The Kier molecular flexibility index (Phi) is 4.85. The molecule has 2 aromatic rings. The van der Waals surface area contributed by atoms with Crippen molar-refractivity contribution >= 4 is 5.78 Å². The number of carbonyl (C=O) groups is 1. The summed E-state index contributed by atoms with van der Waals surface area (Å²) in [5.41, 5.74) is 2.13. The Balaban J connectivity index is 1.51. The Morgan fingerprint density at radius 2 is 1.14 bits per heavy atom. The second kappa shape index (κ2) is 7.51. The van der Waals surface area contributed by atoms with Crippen molar-refractivity contribution in [1.29, 1.82) is 0 Å². The highest BCUT2D eigenvalue weighted by Crippen LogP contribution is 2.57. The SMILES string of the molecule is COc1ccc(C(C(=O)C2C3CC4CC(C3)CC2C4)c2ccc(OC)cc2)cc1. The van der Waals surface area contributed by atoms with Gasteiger partial charge in [-0.25, -0.2) is 0 Å². The van der Waals surface area contributed by atoms with Crippen molar-refractivity contribution in [2.75, 3.05) is 14.2 Å². The molecule has 4 fully saturated rings. The third-order valence-electron chi connectivity index (χ3n) is 7.74. The molecular weight excluding hydrogens is 360 g/mol. The van der Waals surface area contributed by atoms with E-state index in [1.807, 2.05) is 24.3 Å². The normalized spacial score (nSPS) is 29.8. The Hall–Kier alpha value is -2.29. The molecule has 0 spiro atoms. The van der Waals surface area contributed by atoms with Crippen LogP contribution in [0.25, 0.3) is 0 Å². The molecule has 0 radical (unpaired) electrons. The van der Waals surface area contributed by atoms with Crippen LogP contribution in [-0.2, 0) is 4.79 Å². The van der Waals surface area contributed by atoms with Gasteiger partial charge in [-0.15, -0.1) is 0 Å². The molecule has 29 heavy (non-hydrogen) atoms. The zero-order valence-corrected chi connectivity index (χ0v) is 17.3. The molecule has 152 valence electrons. The summed E-state index contributed by atoms with van der Waals surface area (Å²) in [5, 5.41) is 0. The number of benzene rings is 2. The van der Waals surface area contributed by atoms with Crippen LogP contribution in [0, 0.1) is 29.6 Å². The van der Waals surface area contributed by atoms with E-state index in [-0.39, 0.29) is 11.8 Å². The fourth-order valence-electron chi connectivity index (χ4n) is 6.70. The summed E-state index contributed by atoms with van der Waals surface area (Å²) in [5.74, 6) is 5.02. The van der Waals surface area contributed by atoms with Gasteiger partial charge in [-0.3, -0.25) is 4.79 Å². The first-order valence-corrected chi connectivity index (χ1v) is 11.0. The molecule has 4 bridgehead atoms. The second-order valence-electron chi connectivity index (χ2n) is 9.34. The fraction of sp³-hybridized carbons (Fsp3) is 0.500. The van der Waals surface area contributed by atoms with E-state index in [0.717, 1.165) is 34.5 Å². The number of ketones is 1. The Labute approximate surface area is 173 Å². The minimum Gasteiger partial charge on any atom is -0.497 e. The van der Waals surface area contributed by atoms with Crippen LogP contribution in [0.3, 0.4) is 0 Å². The van der Waals surface area contributed by atoms with Crippen molar-refractivity contribution in [2.45, 2.75) is 38.0 Å². The molecule has 3 nitrogen and oxygen atoms in total. The molecule has 0 atom stereocenters. The van der Waals surface area contributed by atoms with Crippen molar-refractivity contribution in [3.63, 3.8) is 0 Å². The van der Waals surface area contributed by atoms with Gasteiger partial charge in [0.15, 0.2) is 0 Å². The quantitative estimate of drug-likeness (QED) is 0.655. The van der Waals surface area contributed by atoms with Gasteiger partial charge in [-0.1, -0.05) is 24.3 Å². The first-order valence-electron chi connectivity index (χ1n) is 11.0. The molecule has 0 amide bonds. The smallest absolute Gasteiger partial charge is 0.148 e. The van der Waals surface area contributed by atoms with Crippen molar-refractivity contribution in [3.8, 4) is 11.5 Å². The number of methoxy groups -OCH3 is 2. The Bertz CT molecular complexity index is 792. The summed E-state index contributed by atoms with van der Waals surface area (Å²) in [4.78, 5) is 14.1. The van der Waals surface area contributed by atoms with Gasteiger partial charge in [-0.2, -0.15) is 0 Å². The molecule has 4 saturated carbocycles. The minimum absolute atomic E-state index is 0.214. The van der Waals surface area contributed by atoms with Crippen molar-refractivity contribution in [3.05, 3.63) is 59.7 Å². The van der Waals surface area contributed by atoms with Crippen LogP contribution in [0.4, 0.5) is 0 Å². The van der Waals surface area contributed by atoms with Crippen molar-refractivity contribution < 1.29 is 14.3 Å². The lowest BCUT2D eigenvalue weighted by molar-refractivity contribution is -0.136. The number of rotatable bonds is 6. The average Bonchev–Trinajstić information content (AvgIpc) is 2.74. The number of ether oxygens (including phenoxy) is 2. The van der Waals surface area contributed by atoms with E-state index in [9.17, 15) is 4.79 Å². The largest absolute Gasteiger partial charge is 0.497 e. The number of Topliss-reactive ketones (excluding diaryl/α,β-unsaturated/α-hetero) is 1. The van der Waals surface area contributed by atoms with E-state index in [0.29, 0.717) is 17.6 Å². The van der Waals surface area contributed by atoms with E-state index in [2.05, 4.69) is 24.3 Å². The summed E-state index contributed by atoms with van der Waals surface area (Å²) < 4.78 is 10.7. The van der Waals surface area contributed by atoms with Gasteiger partial charge in [-0.05, 0) is 91.2 Å². The standard InChI is InChI=1S/C26H30O3/c1-28-22-7-3-18(4-8-22)24(19-5-9-23(29-2)10-6-19)26(27)25-20-12-16-11-17(14-20)15-21(25)13-16/h3-10,16-17,20-21,24-25H,11-15H2,1-2H3. The van der Waals surface area contributed by atoms with Crippen LogP contribution in [0.15, 0.2) is 48.5 Å². The molecular formula is C26H30O3. The topological polar surface area (TPSA) is 35.5 Å². The minimum atomic E-state index is -0.214. The molecule has 0 heterocycles. The third kappa shape index (κ3) is 3.35. The highest BCUT2D eigenvalue weighted by Gasteiger charge is 2.51. The summed E-state index contributed by atoms with van der Waals surface area (Å²) in [6, 6.07) is 16.1. The van der Waals surface area contributed by atoms with Crippen LogP contribution >= 0.6 is 0 Å². The lowest BCUT2D eigenvalue weighted by atomic mass is 9.50. The summed E-state index contributed by atoms with van der Waals surface area (Å²) in [6.07, 6.45) is 6.47. The van der Waals surface area contributed by atoms with Crippen LogP contribution in [-0.4, -0.2) is 20.0 Å². The Morgan fingerprint density at radius 1 is 0.724 bits per heavy atom. The van der Waals surface area contributed by atoms with Crippen LogP contribution in [0.2, 0.25) is 0 Å². The predicted molar refractivity (Wildman–Crippen MR) is 113 cm³/mol. The van der Waals surface area contributed by atoms with Crippen LogP contribution in [0.5, 0.6) is 11.5 Å². The van der Waals surface area contributed by atoms with E-state index >= 15 is 0 Å². The fourth-order valence-corrected chi connectivity index (χ4v) is 6.70. The molecule has 0 saturated heterocycles. The zero-order chi connectivity index (χ0) is 20.0. The maximum absolute atomic E-state index is 14.1. The molecule has 4 aliphatic rings. The van der Waals surface area contributed by atoms with Crippen molar-refractivity contribution in [2.24, 2.45) is 29.6 Å². The van der Waals surface area contributed by atoms with Gasteiger partial charge in [0, 0.05) is 5.92 Å². The van der Waals surface area contributed by atoms with Crippen LogP contribution in [0.1, 0.15) is 49.1 Å². The lowest BCUT2D eigenvalue weighted by Gasteiger charge is -2.54. The van der Waals surface area contributed by atoms with E-state index < -0.39 is 0 Å². The summed E-state index contributed by atoms with van der Waals surface area (Å²) >= 11 is 0. The highest BCUT2D eigenvalue weighted by molar-refractivity contribution is 5.91. The van der Waals surface area contributed by atoms with E-state index in [1.54, 1.807) is 14.2 Å².